The first kappa shape index (κ1) is 19.6. The Bertz CT molecular complexity index is 962. The molecule has 26 heavy (non-hydrogen) atoms. The molecule has 0 aliphatic rings. The third-order valence-corrected chi connectivity index (χ3v) is 5.50. The van der Waals surface area contributed by atoms with Crippen LogP contribution in [-0.2, 0) is 21.4 Å². The number of hydrogen-bond donors (Lipinski definition) is 1. The molecule has 2 rings (SSSR count). The van der Waals surface area contributed by atoms with Crippen molar-refractivity contribution in [2.24, 2.45) is 0 Å². The fourth-order valence-electron chi connectivity index (χ4n) is 2.53. The van der Waals surface area contributed by atoms with Crippen LogP contribution in [0, 0.1) is 25.2 Å². The van der Waals surface area contributed by atoms with Crippen molar-refractivity contribution in [1.29, 1.82) is 5.26 Å². The second-order valence-electron chi connectivity index (χ2n) is 6.11. The Balaban J connectivity index is 2.04. The van der Waals surface area contributed by atoms with Crippen molar-refractivity contribution in [1.82, 2.24) is 9.62 Å². The number of nitrogens with one attached hydrogen (secondary N) is 1. The molecule has 0 spiro atoms. The SMILES string of the molecule is Cc1ccc(CN(C)C(=O)CNS(=O)(=O)c2ccccc2C#N)c(C)c1. The first-order valence-corrected chi connectivity index (χ1v) is 9.52. The van der Waals surface area contributed by atoms with Gasteiger partial charge in [-0.3, -0.25) is 4.79 Å². The number of nitriles is 1. The Labute approximate surface area is 154 Å². The zero-order chi connectivity index (χ0) is 19.3. The Kier molecular flexibility index (Phi) is 6.14. The highest BCUT2D eigenvalue weighted by Gasteiger charge is 2.20. The van der Waals surface area contributed by atoms with Crippen LogP contribution in [0.4, 0.5) is 0 Å². The molecule has 2 aromatic rings. The number of benzene rings is 2. The third kappa shape index (κ3) is 4.69. The highest BCUT2D eigenvalue weighted by Crippen LogP contribution is 2.15. The summed E-state index contributed by atoms with van der Waals surface area (Å²) in [5.41, 5.74) is 3.26. The molecule has 0 bridgehead atoms. The molecule has 136 valence electrons. The molecule has 0 aliphatic heterocycles. The Hall–Kier alpha value is -2.69. The maximum absolute atomic E-state index is 12.4. The van der Waals surface area contributed by atoms with Crippen LogP contribution >= 0.6 is 0 Å². The highest BCUT2D eigenvalue weighted by molar-refractivity contribution is 7.89. The second kappa shape index (κ2) is 8.13. The van der Waals surface area contributed by atoms with E-state index < -0.39 is 10.0 Å². The maximum Gasteiger partial charge on any atom is 0.242 e. The first-order chi connectivity index (χ1) is 12.2. The largest absolute Gasteiger partial charge is 0.340 e. The minimum atomic E-state index is -3.94. The van der Waals surface area contributed by atoms with E-state index in [2.05, 4.69) is 4.72 Å². The average molecular weight is 371 g/mol. The number of hydrogen-bond acceptors (Lipinski definition) is 4. The van der Waals surface area contributed by atoms with E-state index in [1.165, 1.54) is 23.1 Å². The van der Waals surface area contributed by atoms with Crippen molar-refractivity contribution in [3.8, 4) is 6.07 Å². The van der Waals surface area contributed by atoms with Gasteiger partial charge in [0.2, 0.25) is 15.9 Å². The number of aryl methyl sites for hydroxylation is 2. The van der Waals surface area contributed by atoms with Crippen LogP contribution in [0.1, 0.15) is 22.3 Å². The van der Waals surface area contributed by atoms with Gasteiger partial charge in [-0.05, 0) is 37.1 Å². The van der Waals surface area contributed by atoms with Crippen molar-refractivity contribution in [2.45, 2.75) is 25.3 Å². The molecule has 0 heterocycles. The molecule has 0 aliphatic carbocycles. The van der Waals surface area contributed by atoms with E-state index in [9.17, 15) is 13.2 Å². The summed E-state index contributed by atoms with van der Waals surface area (Å²) in [7, 11) is -2.31. The number of nitrogens with zero attached hydrogens (tertiary/aromatic N) is 2. The highest BCUT2D eigenvalue weighted by atomic mass is 32.2. The van der Waals surface area contributed by atoms with Gasteiger partial charge in [0, 0.05) is 13.6 Å². The number of amides is 1. The summed E-state index contributed by atoms with van der Waals surface area (Å²) in [6.07, 6.45) is 0. The summed E-state index contributed by atoms with van der Waals surface area (Å²) in [5, 5.41) is 9.04. The van der Waals surface area contributed by atoms with Crippen molar-refractivity contribution < 1.29 is 13.2 Å². The zero-order valence-corrected chi connectivity index (χ0v) is 15.8. The number of likely N-dealkylation sites (N-methyl/N-ethyl adjacent to an activating group) is 1. The molecular weight excluding hydrogens is 350 g/mol. The lowest BCUT2D eigenvalue weighted by Gasteiger charge is -2.19. The van der Waals surface area contributed by atoms with Crippen LogP contribution in [0.5, 0.6) is 0 Å². The van der Waals surface area contributed by atoms with E-state index in [-0.39, 0.29) is 22.9 Å². The van der Waals surface area contributed by atoms with Gasteiger partial charge in [0.15, 0.2) is 0 Å². The quantitative estimate of drug-likeness (QED) is 0.842. The van der Waals surface area contributed by atoms with Crippen LogP contribution in [-0.4, -0.2) is 32.8 Å². The third-order valence-electron chi connectivity index (χ3n) is 4.04. The summed E-state index contributed by atoms with van der Waals surface area (Å²) in [6, 6.07) is 13.7. The van der Waals surface area contributed by atoms with Gasteiger partial charge in [0.05, 0.1) is 17.0 Å². The van der Waals surface area contributed by atoms with E-state index in [4.69, 9.17) is 5.26 Å². The van der Waals surface area contributed by atoms with Crippen molar-refractivity contribution in [2.75, 3.05) is 13.6 Å². The summed E-state index contributed by atoms with van der Waals surface area (Å²) < 4.78 is 27.0. The van der Waals surface area contributed by atoms with Crippen LogP contribution < -0.4 is 4.72 Å². The van der Waals surface area contributed by atoms with Crippen LogP contribution in [0.3, 0.4) is 0 Å². The molecule has 0 fully saturated rings. The number of rotatable bonds is 6. The molecule has 0 unspecified atom stereocenters. The predicted molar refractivity (Wildman–Crippen MR) is 98.7 cm³/mol. The lowest BCUT2D eigenvalue weighted by molar-refractivity contribution is -0.129. The summed E-state index contributed by atoms with van der Waals surface area (Å²) in [5.74, 6) is -0.358. The summed E-state index contributed by atoms with van der Waals surface area (Å²) in [6.45, 7) is 3.99. The minimum Gasteiger partial charge on any atom is -0.340 e. The lowest BCUT2D eigenvalue weighted by atomic mass is 10.1. The zero-order valence-electron chi connectivity index (χ0n) is 15.0. The molecule has 0 radical (unpaired) electrons. The molecular formula is C19H21N3O3S. The van der Waals surface area contributed by atoms with Gasteiger partial charge in [-0.15, -0.1) is 0 Å². The molecule has 6 nitrogen and oxygen atoms in total. The molecule has 0 saturated heterocycles. The molecule has 2 aromatic carbocycles. The Morgan fingerprint density at radius 1 is 1.19 bits per heavy atom. The van der Waals surface area contributed by atoms with Crippen molar-refractivity contribution in [3.05, 3.63) is 64.7 Å². The Morgan fingerprint density at radius 3 is 2.54 bits per heavy atom. The molecule has 0 aromatic heterocycles. The summed E-state index contributed by atoms with van der Waals surface area (Å²) >= 11 is 0. The van der Waals surface area contributed by atoms with E-state index in [1.54, 1.807) is 13.1 Å². The molecule has 1 amide bonds. The normalized spacial score (nSPS) is 11.0. The number of carbonyl (C=O) groups excluding carboxylic acids is 1. The molecule has 0 atom stereocenters. The fraction of sp³-hybridized carbons (Fsp3) is 0.263. The van der Waals surface area contributed by atoms with Gasteiger partial charge < -0.3 is 4.90 Å². The van der Waals surface area contributed by atoms with Crippen molar-refractivity contribution in [3.63, 3.8) is 0 Å². The van der Waals surface area contributed by atoms with Gasteiger partial charge >= 0.3 is 0 Å². The van der Waals surface area contributed by atoms with Gasteiger partial charge in [-0.2, -0.15) is 5.26 Å². The van der Waals surface area contributed by atoms with Crippen LogP contribution in [0.2, 0.25) is 0 Å². The molecule has 1 N–H and O–H groups in total. The van der Waals surface area contributed by atoms with E-state index >= 15 is 0 Å². The molecule has 7 heteroatoms. The van der Waals surface area contributed by atoms with Crippen LogP contribution in [0.15, 0.2) is 47.4 Å². The van der Waals surface area contributed by atoms with Crippen molar-refractivity contribution >= 4 is 15.9 Å². The lowest BCUT2D eigenvalue weighted by Crippen LogP contribution is -2.38. The average Bonchev–Trinajstić information content (AvgIpc) is 2.62. The first-order valence-electron chi connectivity index (χ1n) is 8.03. The topological polar surface area (TPSA) is 90.3 Å². The van der Waals surface area contributed by atoms with Gasteiger partial charge in [-0.25, -0.2) is 13.1 Å². The predicted octanol–water partition coefficient (Wildman–Crippen LogP) is 2.11. The van der Waals surface area contributed by atoms with Crippen LogP contribution in [0.25, 0.3) is 0 Å². The van der Waals surface area contributed by atoms with E-state index in [0.717, 1.165) is 16.7 Å². The van der Waals surface area contributed by atoms with E-state index in [0.29, 0.717) is 6.54 Å². The minimum absolute atomic E-state index is 0.0380. The fourth-order valence-corrected chi connectivity index (χ4v) is 3.66. The smallest absolute Gasteiger partial charge is 0.242 e. The second-order valence-corrected chi connectivity index (χ2v) is 7.85. The monoisotopic (exact) mass is 371 g/mol. The molecule has 0 saturated carbocycles. The van der Waals surface area contributed by atoms with Gasteiger partial charge in [0.1, 0.15) is 6.07 Å². The number of carbonyl (C=O) groups is 1. The summed E-state index contributed by atoms with van der Waals surface area (Å²) in [4.78, 5) is 13.6. The van der Waals surface area contributed by atoms with Gasteiger partial charge in [-0.1, -0.05) is 35.9 Å². The standard InChI is InChI=1S/C19H21N3O3S/c1-14-8-9-17(15(2)10-14)13-22(3)19(23)12-21-26(24,25)18-7-5-4-6-16(18)11-20/h4-10,21H,12-13H2,1-3H3. The maximum atomic E-state index is 12.4. The number of sulfonamides is 1. The van der Waals surface area contributed by atoms with Gasteiger partial charge in [0.25, 0.3) is 0 Å². The Morgan fingerprint density at radius 2 is 1.88 bits per heavy atom. The van der Waals surface area contributed by atoms with E-state index in [1.807, 2.05) is 38.1 Å².